The molecule has 0 aliphatic carbocycles. The third-order valence-electron chi connectivity index (χ3n) is 3.93. The highest BCUT2D eigenvalue weighted by molar-refractivity contribution is 5.84. The van der Waals surface area contributed by atoms with Crippen LogP contribution in [0.2, 0.25) is 0 Å². The third-order valence-corrected chi connectivity index (χ3v) is 3.93. The molecular weight excluding hydrogens is 250 g/mol. The van der Waals surface area contributed by atoms with Gasteiger partial charge in [0.1, 0.15) is 0 Å². The number of nitrogens with zero attached hydrogens (tertiary/aromatic N) is 1. The number of rotatable bonds is 5. The fourth-order valence-electron chi connectivity index (χ4n) is 2.10. The van der Waals surface area contributed by atoms with Gasteiger partial charge in [-0.1, -0.05) is 31.2 Å². The maximum atomic E-state index is 12.2. The van der Waals surface area contributed by atoms with Crippen molar-refractivity contribution < 1.29 is 4.79 Å². The van der Waals surface area contributed by atoms with Crippen LogP contribution in [0.4, 0.5) is 0 Å². The molecule has 0 aliphatic heterocycles. The van der Waals surface area contributed by atoms with Crippen LogP contribution in [-0.4, -0.2) is 17.4 Å². The maximum Gasteiger partial charge on any atom is 0.227 e. The third kappa shape index (κ3) is 2.80. The molecule has 0 saturated carbocycles. The normalized spacial score (nSPS) is 13.9. The molecule has 0 bridgehead atoms. The van der Waals surface area contributed by atoms with Crippen LogP contribution in [0.25, 0.3) is 10.9 Å². The second-order valence-electron chi connectivity index (χ2n) is 5.29. The van der Waals surface area contributed by atoms with Gasteiger partial charge in [0.05, 0.1) is 10.9 Å². The van der Waals surface area contributed by atoms with Crippen LogP contribution in [0.15, 0.2) is 36.5 Å². The molecule has 0 saturated heterocycles. The molecule has 0 radical (unpaired) electrons. The molecule has 0 aliphatic rings. The zero-order valence-electron chi connectivity index (χ0n) is 12.0. The van der Waals surface area contributed by atoms with Crippen molar-refractivity contribution in [3.05, 3.63) is 42.1 Å². The van der Waals surface area contributed by atoms with E-state index in [1.54, 1.807) is 6.20 Å². The van der Waals surface area contributed by atoms with Crippen LogP contribution in [0, 0.1) is 5.41 Å². The lowest BCUT2D eigenvalue weighted by Crippen LogP contribution is -2.43. The molecule has 0 fully saturated rings. The molecule has 1 unspecified atom stereocenters. The summed E-state index contributed by atoms with van der Waals surface area (Å²) >= 11 is 0. The second kappa shape index (κ2) is 6.01. The van der Waals surface area contributed by atoms with E-state index in [1.807, 2.05) is 44.2 Å². The van der Waals surface area contributed by atoms with Crippen molar-refractivity contribution in [1.29, 1.82) is 0 Å². The van der Waals surface area contributed by atoms with Crippen molar-refractivity contribution in [2.24, 2.45) is 11.1 Å². The second-order valence-corrected chi connectivity index (χ2v) is 5.29. The Kier molecular flexibility index (Phi) is 4.35. The summed E-state index contributed by atoms with van der Waals surface area (Å²) in [6, 6.07) is 9.91. The van der Waals surface area contributed by atoms with Gasteiger partial charge >= 0.3 is 0 Å². The summed E-state index contributed by atoms with van der Waals surface area (Å²) < 4.78 is 0. The lowest BCUT2D eigenvalue weighted by atomic mass is 9.86. The molecule has 4 heteroatoms. The monoisotopic (exact) mass is 271 g/mol. The Morgan fingerprint density at radius 3 is 2.80 bits per heavy atom. The van der Waals surface area contributed by atoms with Gasteiger partial charge < -0.3 is 11.1 Å². The zero-order valence-corrected chi connectivity index (χ0v) is 12.0. The van der Waals surface area contributed by atoms with Gasteiger partial charge in [-0.2, -0.15) is 0 Å². The predicted molar refractivity (Wildman–Crippen MR) is 81.0 cm³/mol. The lowest BCUT2D eigenvalue weighted by molar-refractivity contribution is -0.130. The molecule has 4 nitrogen and oxygen atoms in total. The number of amides is 1. The average molecular weight is 271 g/mol. The van der Waals surface area contributed by atoms with Crippen LogP contribution in [0.5, 0.6) is 0 Å². The van der Waals surface area contributed by atoms with Crippen molar-refractivity contribution in [2.75, 3.05) is 6.54 Å². The first kappa shape index (κ1) is 14.5. The number of nitrogens with two attached hydrogens (primary N) is 1. The molecule has 2 rings (SSSR count). The van der Waals surface area contributed by atoms with Crippen LogP contribution >= 0.6 is 0 Å². The van der Waals surface area contributed by atoms with Gasteiger partial charge in [0, 0.05) is 24.7 Å². The SMILES string of the molecule is CCC(C)(CN)C(=O)NCc1cccc2cccnc12. The number of hydrogen-bond donors (Lipinski definition) is 2. The molecule has 1 heterocycles. The molecule has 1 aromatic heterocycles. The van der Waals surface area contributed by atoms with Gasteiger partial charge in [0.2, 0.25) is 5.91 Å². The van der Waals surface area contributed by atoms with Crippen molar-refractivity contribution in [3.8, 4) is 0 Å². The largest absolute Gasteiger partial charge is 0.351 e. The Morgan fingerprint density at radius 2 is 2.10 bits per heavy atom. The van der Waals surface area contributed by atoms with Crippen LogP contribution < -0.4 is 11.1 Å². The fraction of sp³-hybridized carbons (Fsp3) is 0.375. The van der Waals surface area contributed by atoms with Crippen molar-refractivity contribution >= 4 is 16.8 Å². The van der Waals surface area contributed by atoms with E-state index in [1.165, 1.54) is 0 Å². The van der Waals surface area contributed by atoms with Gasteiger partial charge in [-0.15, -0.1) is 0 Å². The van der Waals surface area contributed by atoms with E-state index < -0.39 is 5.41 Å². The summed E-state index contributed by atoms with van der Waals surface area (Å²) in [4.78, 5) is 16.6. The van der Waals surface area contributed by atoms with Crippen LogP contribution in [0.3, 0.4) is 0 Å². The molecule has 1 atom stereocenters. The highest BCUT2D eigenvalue weighted by atomic mass is 16.2. The number of hydrogen-bond acceptors (Lipinski definition) is 3. The van der Waals surface area contributed by atoms with Gasteiger partial charge in [-0.05, 0) is 25.0 Å². The van der Waals surface area contributed by atoms with Crippen molar-refractivity contribution in [3.63, 3.8) is 0 Å². The molecule has 3 N–H and O–H groups in total. The highest BCUT2D eigenvalue weighted by Crippen LogP contribution is 2.20. The maximum absolute atomic E-state index is 12.2. The summed E-state index contributed by atoms with van der Waals surface area (Å²) in [5, 5.41) is 4.05. The molecule has 106 valence electrons. The van der Waals surface area contributed by atoms with Crippen molar-refractivity contribution in [1.82, 2.24) is 10.3 Å². The van der Waals surface area contributed by atoms with E-state index in [4.69, 9.17) is 5.73 Å². The minimum atomic E-state index is -0.502. The number of carbonyl (C=O) groups excluding carboxylic acids is 1. The Labute approximate surface area is 119 Å². The predicted octanol–water partition coefficient (Wildman–Crippen LogP) is 2.23. The summed E-state index contributed by atoms with van der Waals surface area (Å²) in [7, 11) is 0. The van der Waals surface area contributed by atoms with Gasteiger partial charge in [0.25, 0.3) is 0 Å². The first-order valence-corrected chi connectivity index (χ1v) is 6.91. The summed E-state index contributed by atoms with van der Waals surface area (Å²) in [6.45, 7) is 4.70. The Hall–Kier alpha value is -1.94. The number of aromatic nitrogens is 1. The number of nitrogens with one attached hydrogen (secondary N) is 1. The molecule has 20 heavy (non-hydrogen) atoms. The minimum absolute atomic E-state index is 0.00423. The lowest BCUT2D eigenvalue weighted by Gasteiger charge is -2.25. The van der Waals surface area contributed by atoms with E-state index in [2.05, 4.69) is 10.3 Å². The topological polar surface area (TPSA) is 68.0 Å². The summed E-state index contributed by atoms with van der Waals surface area (Å²) in [5.41, 5.74) is 7.15. The van der Waals surface area contributed by atoms with E-state index in [-0.39, 0.29) is 5.91 Å². The van der Waals surface area contributed by atoms with Gasteiger partial charge in [-0.25, -0.2) is 0 Å². The van der Waals surface area contributed by atoms with Gasteiger partial charge in [0.15, 0.2) is 0 Å². The van der Waals surface area contributed by atoms with E-state index in [0.717, 1.165) is 22.9 Å². The number of fused-ring (bicyclic) bond motifs is 1. The van der Waals surface area contributed by atoms with Crippen molar-refractivity contribution in [2.45, 2.75) is 26.8 Å². The first-order chi connectivity index (χ1) is 9.60. The highest BCUT2D eigenvalue weighted by Gasteiger charge is 2.29. The van der Waals surface area contributed by atoms with E-state index in [0.29, 0.717) is 13.1 Å². The quantitative estimate of drug-likeness (QED) is 0.876. The van der Waals surface area contributed by atoms with Gasteiger partial charge in [-0.3, -0.25) is 9.78 Å². The Bertz CT molecular complexity index is 600. The van der Waals surface area contributed by atoms with Crippen LogP contribution in [0.1, 0.15) is 25.8 Å². The number of carbonyl (C=O) groups is 1. The average Bonchev–Trinajstić information content (AvgIpc) is 2.51. The molecule has 2 aromatic rings. The Morgan fingerprint density at radius 1 is 1.35 bits per heavy atom. The minimum Gasteiger partial charge on any atom is -0.351 e. The molecule has 1 amide bonds. The molecule has 0 spiro atoms. The fourth-order valence-corrected chi connectivity index (χ4v) is 2.10. The van der Waals surface area contributed by atoms with Crippen LogP contribution in [-0.2, 0) is 11.3 Å². The smallest absolute Gasteiger partial charge is 0.227 e. The summed E-state index contributed by atoms with van der Waals surface area (Å²) in [5.74, 6) is -0.00423. The molecule has 1 aromatic carbocycles. The summed E-state index contributed by atoms with van der Waals surface area (Å²) in [6.07, 6.45) is 2.49. The molecular formula is C16H21N3O. The standard InChI is InChI=1S/C16H21N3O/c1-3-16(2,11-17)15(20)19-10-13-7-4-6-12-8-5-9-18-14(12)13/h4-9H,3,10-11,17H2,1-2H3,(H,19,20). The van der Waals surface area contributed by atoms with E-state index in [9.17, 15) is 4.79 Å². The number of para-hydroxylation sites is 1. The number of pyridine rings is 1. The first-order valence-electron chi connectivity index (χ1n) is 6.91. The zero-order chi connectivity index (χ0) is 14.6. The number of benzene rings is 1. The Balaban J connectivity index is 2.16. The van der Waals surface area contributed by atoms with E-state index >= 15 is 0 Å².